The average molecular weight is 433 g/mol. The first-order valence-electron chi connectivity index (χ1n) is 9.29. The van der Waals surface area contributed by atoms with Crippen molar-refractivity contribution in [2.45, 2.75) is 37.6 Å². The number of pyridine rings is 1. The minimum Gasteiger partial charge on any atom is -0.316 e. The minimum absolute atomic E-state index is 0.0277. The third-order valence-corrected chi connectivity index (χ3v) is 7.65. The number of aromatic nitrogens is 2. The maximum Gasteiger partial charge on any atom is 0.243 e. The Morgan fingerprint density at radius 1 is 1.24 bits per heavy atom. The summed E-state index contributed by atoms with van der Waals surface area (Å²) in [5.41, 5.74) is 1.08. The lowest BCUT2D eigenvalue weighted by atomic mass is 10.1. The molecular weight excluding hydrogens is 411 g/mol. The molecule has 6 nitrogen and oxygen atoms in total. The Morgan fingerprint density at radius 2 is 2.07 bits per heavy atom. The monoisotopic (exact) mass is 432 g/mol. The van der Waals surface area contributed by atoms with Crippen LogP contribution in [0.15, 0.2) is 47.5 Å². The molecule has 1 saturated heterocycles. The largest absolute Gasteiger partial charge is 0.316 e. The van der Waals surface area contributed by atoms with Crippen molar-refractivity contribution in [3.8, 4) is 0 Å². The molecule has 1 aromatic carbocycles. The summed E-state index contributed by atoms with van der Waals surface area (Å²) in [4.78, 5) is 9.95. The Bertz CT molecular complexity index is 1150. The van der Waals surface area contributed by atoms with E-state index in [4.69, 9.17) is 0 Å². The van der Waals surface area contributed by atoms with Gasteiger partial charge in [-0.05, 0) is 56.5 Å². The number of thiazole rings is 1. The van der Waals surface area contributed by atoms with Crippen LogP contribution in [0, 0.1) is 19.7 Å². The number of benzene rings is 1. The maximum absolute atomic E-state index is 14.0. The Hall–Kier alpha value is -2.36. The predicted octanol–water partition coefficient (Wildman–Crippen LogP) is 4.56. The van der Waals surface area contributed by atoms with Crippen LogP contribution in [-0.2, 0) is 10.0 Å². The number of sulfonamides is 1. The highest BCUT2D eigenvalue weighted by atomic mass is 32.2. The van der Waals surface area contributed by atoms with Crippen LogP contribution in [-0.4, -0.2) is 29.2 Å². The zero-order valence-electron chi connectivity index (χ0n) is 16.1. The highest BCUT2D eigenvalue weighted by Crippen LogP contribution is 2.36. The summed E-state index contributed by atoms with van der Waals surface area (Å²) < 4.78 is 41.7. The van der Waals surface area contributed by atoms with Crippen LogP contribution >= 0.6 is 11.3 Å². The Balaban J connectivity index is 1.62. The lowest BCUT2D eigenvalue weighted by Crippen LogP contribution is -2.31. The maximum atomic E-state index is 14.0. The highest BCUT2D eigenvalue weighted by Gasteiger charge is 2.37. The fourth-order valence-electron chi connectivity index (χ4n) is 3.42. The molecule has 9 heteroatoms. The first-order valence-corrected chi connectivity index (χ1v) is 11.5. The van der Waals surface area contributed by atoms with Crippen molar-refractivity contribution < 1.29 is 12.8 Å². The van der Waals surface area contributed by atoms with Gasteiger partial charge >= 0.3 is 0 Å². The van der Waals surface area contributed by atoms with E-state index in [2.05, 4.69) is 15.3 Å². The van der Waals surface area contributed by atoms with Gasteiger partial charge in [-0.3, -0.25) is 0 Å². The second kappa shape index (κ2) is 7.81. The third kappa shape index (κ3) is 4.03. The summed E-state index contributed by atoms with van der Waals surface area (Å²) in [7, 11) is -3.82. The Kier molecular flexibility index (Phi) is 5.37. The molecule has 3 aromatic rings. The fraction of sp³-hybridized carbons (Fsp3) is 0.300. The summed E-state index contributed by atoms with van der Waals surface area (Å²) in [5.74, 6) is 0.0902. The first-order chi connectivity index (χ1) is 13.8. The number of rotatable bonds is 5. The minimum atomic E-state index is -3.82. The molecule has 4 rings (SSSR count). The van der Waals surface area contributed by atoms with Crippen LogP contribution in [0.1, 0.15) is 35.0 Å². The normalized spacial score (nSPS) is 17.6. The number of nitrogens with one attached hydrogen (secondary N) is 1. The second-order valence-electron chi connectivity index (χ2n) is 7.03. The molecule has 0 aliphatic carbocycles. The number of nitrogens with zero attached hydrogens (tertiary/aromatic N) is 3. The second-order valence-corrected chi connectivity index (χ2v) is 10.2. The fourth-order valence-corrected chi connectivity index (χ4v) is 5.77. The van der Waals surface area contributed by atoms with Crippen LogP contribution in [0.25, 0.3) is 0 Å². The molecular formula is C20H21FN4O2S2. The van der Waals surface area contributed by atoms with Crippen LogP contribution in [0.4, 0.5) is 15.3 Å². The molecule has 3 heterocycles. The number of hydrogen-bond acceptors (Lipinski definition) is 6. The lowest BCUT2D eigenvalue weighted by molar-refractivity contribution is 0.390. The van der Waals surface area contributed by atoms with E-state index in [1.54, 1.807) is 13.1 Å². The summed E-state index contributed by atoms with van der Waals surface area (Å²) in [6.07, 6.45) is 3.17. The van der Waals surface area contributed by atoms with Gasteiger partial charge in [0.05, 0.1) is 16.6 Å². The van der Waals surface area contributed by atoms with Crippen LogP contribution in [0.3, 0.4) is 0 Å². The van der Waals surface area contributed by atoms with E-state index >= 15 is 0 Å². The highest BCUT2D eigenvalue weighted by molar-refractivity contribution is 7.89. The molecule has 2 aromatic heterocycles. The third-order valence-electron chi connectivity index (χ3n) is 4.92. The number of anilines is 2. The molecule has 0 saturated carbocycles. The zero-order chi connectivity index (χ0) is 20.6. The quantitative estimate of drug-likeness (QED) is 0.640. The van der Waals surface area contributed by atoms with Gasteiger partial charge in [0.15, 0.2) is 5.13 Å². The van der Waals surface area contributed by atoms with E-state index in [0.717, 1.165) is 22.5 Å². The van der Waals surface area contributed by atoms with Gasteiger partial charge < -0.3 is 5.32 Å². The molecule has 0 amide bonds. The number of aryl methyl sites for hydroxylation is 2. The smallest absolute Gasteiger partial charge is 0.243 e. The molecule has 152 valence electrons. The Morgan fingerprint density at radius 3 is 2.79 bits per heavy atom. The van der Waals surface area contributed by atoms with Gasteiger partial charge in [0.2, 0.25) is 10.0 Å². The predicted molar refractivity (Wildman–Crippen MR) is 111 cm³/mol. The van der Waals surface area contributed by atoms with Crippen molar-refractivity contribution in [1.29, 1.82) is 0 Å². The molecule has 0 unspecified atom stereocenters. The molecule has 1 N–H and O–H groups in total. The molecule has 1 aliphatic rings. The van der Waals surface area contributed by atoms with Crippen LogP contribution in [0.5, 0.6) is 0 Å². The van der Waals surface area contributed by atoms with Gasteiger partial charge in [-0.25, -0.2) is 22.8 Å². The number of halogens is 1. The van der Waals surface area contributed by atoms with Crippen LogP contribution < -0.4 is 5.32 Å². The van der Waals surface area contributed by atoms with Crippen molar-refractivity contribution in [2.24, 2.45) is 0 Å². The molecule has 29 heavy (non-hydrogen) atoms. The van der Waals surface area contributed by atoms with Gasteiger partial charge in [0.25, 0.3) is 0 Å². The first kappa shape index (κ1) is 19.9. The van der Waals surface area contributed by atoms with Crippen molar-refractivity contribution in [1.82, 2.24) is 14.3 Å². The summed E-state index contributed by atoms with van der Waals surface area (Å²) >= 11 is 1.52. The van der Waals surface area contributed by atoms with Crippen molar-refractivity contribution >= 4 is 32.3 Å². The molecule has 0 spiro atoms. The molecule has 0 radical (unpaired) electrons. The molecule has 1 fully saturated rings. The van der Waals surface area contributed by atoms with E-state index in [1.807, 2.05) is 25.1 Å². The number of hydrogen-bond donors (Lipinski definition) is 1. The lowest BCUT2D eigenvalue weighted by Gasteiger charge is -2.24. The summed E-state index contributed by atoms with van der Waals surface area (Å²) in [6.45, 7) is 3.96. The van der Waals surface area contributed by atoms with Gasteiger partial charge in [-0.15, -0.1) is 11.3 Å². The average Bonchev–Trinajstić information content (AvgIpc) is 3.33. The Labute approximate surface area is 173 Å². The van der Waals surface area contributed by atoms with Crippen molar-refractivity contribution in [3.05, 3.63) is 64.5 Å². The summed E-state index contributed by atoms with van der Waals surface area (Å²) in [6, 6.07) is 9.15. The van der Waals surface area contributed by atoms with Crippen LogP contribution in [0.2, 0.25) is 0 Å². The molecule has 0 bridgehead atoms. The standard InChI is InChI=1S/C20H21FN4O2S2/c1-13-8-9-15(11-16(13)21)29(26,27)25-10-4-6-18(25)17-5-3-7-19(23-17)24-20-22-12-14(2)28-20/h3,5,7-9,11-12,18H,4,6,10H2,1-2H3,(H,22,23,24)/t18-/m1/s1. The van der Waals surface area contributed by atoms with Crippen molar-refractivity contribution in [3.63, 3.8) is 0 Å². The molecule has 1 aliphatic heterocycles. The molecule has 1 atom stereocenters. The van der Waals surface area contributed by atoms with E-state index < -0.39 is 15.8 Å². The van der Waals surface area contributed by atoms with Gasteiger partial charge in [-0.2, -0.15) is 4.31 Å². The SMILES string of the molecule is Cc1cnc(Nc2cccc([C@H]3CCCN3S(=O)(=O)c3ccc(C)c(F)c3)n2)s1. The topological polar surface area (TPSA) is 75.2 Å². The van der Waals surface area contributed by atoms with E-state index in [1.165, 1.54) is 27.8 Å². The summed E-state index contributed by atoms with van der Waals surface area (Å²) in [5, 5.41) is 3.90. The van der Waals surface area contributed by atoms with Gasteiger partial charge in [-0.1, -0.05) is 12.1 Å². The van der Waals surface area contributed by atoms with Gasteiger partial charge in [0, 0.05) is 17.6 Å². The van der Waals surface area contributed by atoms with E-state index in [0.29, 0.717) is 30.0 Å². The van der Waals surface area contributed by atoms with Gasteiger partial charge in [0.1, 0.15) is 11.6 Å². The van der Waals surface area contributed by atoms with Crippen molar-refractivity contribution in [2.75, 3.05) is 11.9 Å². The van der Waals surface area contributed by atoms with E-state index in [-0.39, 0.29) is 10.9 Å². The zero-order valence-corrected chi connectivity index (χ0v) is 17.7. The van der Waals surface area contributed by atoms with E-state index in [9.17, 15) is 12.8 Å².